The van der Waals surface area contributed by atoms with Gasteiger partial charge in [-0.05, 0) is 31.0 Å². The molecule has 0 unspecified atom stereocenters. The second-order valence-corrected chi connectivity index (χ2v) is 3.68. The quantitative estimate of drug-likeness (QED) is 0.745. The fourth-order valence-corrected chi connectivity index (χ4v) is 1.58. The largest absolute Gasteiger partial charge is 0.492 e. The van der Waals surface area contributed by atoms with Crippen LogP contribution >= 0.6 is 11.6 Å². The minimum absolute atomic E-state index is 0.218. The smallest absolute Gasteiger partial charge is 0.305 e. The standard InChI is InChI=1S/C12H15ClO3/c1-3-16-11-6-4-9(8-10(11)13)5-7-12(14)15-2/h4,6,8H,3,5,7H2,1-2H3. The lowest BCUT2D eigenvalue weighted by Gasteiger charge is -2.07. The summed E-state index contributed by atoms with van der Waals surface area (Å²) in [6.45, 7) is 2.49. The van der Waals surface area contributed by atoms with Crippen molar-refractivity contribution in [3.8, 4) is 5.75 Å². The van der Waals surface area contributed by atoms with E-state index in [0.717, 1.165) is 5.56 Å². The predicted molar refractivity (Wildman–Crippen MR) is 63.0 cm³/mol. The van der Waals surface area contributed by atoms with E-state index in [4.69, 9.17) is 16.3 Å². The van der Waals surface area contributed by atoms with E-state index in [0.29, 0.717) is 30.2 Å². The summed E-state index contributed by atoms with van der Waals surface area (Å²) in [5.74, 6) is 0.455. The Balaban J connectivity index is 2.62. The second-order valence-electron chi connectivity index (χ2n) is 3.27. The fraction of sp³-hybridized carbons (Fsp3) is 0.417. The molecule has 0 heterocycles. The summed E-state index contributed by atoms with van der Waals surface area (Å²) >= 11 is 6.02. The maximum atomic E-state index is 11.0. The molecule has 0 N–H and O–H groups in total. The maximum absolute atomic E-state index is 11.0. The van der Waals surface area contributed by atoms with Gasteiger partial charge in [0.05, 0.1) is 18.7 Å². The highest BCUT2D eigenvalue weighted by atomic mass is 35.5. The predicted octanol–water partition coefficient (Wildman–Crippen LogP) is 2.84. The normalized spacial score (nSPS) is 9.94. The van der Waals surface area contributed by atoms with Crippen LogP contribution in [0.3, 0.4) is 0 Å². The monoisotopic (exact) mass is 242 g/mol. The summed E-state index contributed by atoms with van der Waals surface area (Å²) in [6.07, 6.45) is 0.986. The van der Waals surface area contributed by atoms with Crippen LogP contribution in [0.1, 0.15) is 18.9 Å². The van der Waals surface area contributed by atoms with Gasteiger partial charge in [0.25, 0.3) is 0 Å². The lowest BCUT2D eigenvalue weighted by molar-refractivity contribution is -0.140. The van der Waals surface area contributed by atoms with E-state index in [1.807, 2.05) is 25.1 Å². The molecule has 0 aromatic heterocycles. The highest BCUT2D eigenvalue weighted by Crippen LogP contribution is 2.25. The maximum Gasteiger partial charge on any atom is 0.305 e. The van der Waals surface area contributed by atoms with E-state index in [2.05, 4.69) is 4.74 Å². The molecule has 1 aromatic carbocycles. The Hall–Kier alpha value is -1.22. The van der Waals surface area contributed by atoms with Gasteiger partial charge in [-0.1, -0.05) is 17.7 Å². The van der Waals surface area contributed by atoms with Crippen LogP contribution in [0.25, 0.3) is 0 Å². The van der Waals surface area contributed by atoms with Crippen LogP contribution in [0, 0.1) is 0 Å². The summed E-state index contributed by atoms with van der Waals surface area (Å²) in [4.78, 5) is 11.0. The number of methoxy groups -OCH3 is 1. The van der Waals surface area contributed by atoms with Crippen LogP contribution in [0.2, 0.25) is 5.02 Å². The molecule has 0 aliphatic heterocycles. The molecule has 1 aromatic rings. The Kier molecular flexibility index (Phi) is 5.12. The van der Waals surface area contributed by atoms with Gasteiger partial charge in [-0.2, -0.15) is 0 Å². The fourth-order valence-electron chi connectivity index (χ4n) is 1.32. The minimum Gasteiger partial charge on any atom is -0.492 e. The van der Waals surface area contributed by atoms with E-state index in [9.17, 15) is 4.79 Å². The van der Waals surface area contributed by atoms with E-state index >= 15 is 0 Å². The van der Waals surface area contributed by atoms with Crippen molar-refractivity contribution in [2.75, 3.05) is 13.7 Å². The zero-order valence-corrected chi connectivity index (χ0v) is 10.2. The summed E-state index contributed by atoms with van der Waals surface area (Å²) in [5, 5.41) is 0.573. The zero-order valence-electron chi connectivity index (χ0n) is 9.46. The number of carbonyl (C=O) groups is 1. The van der Waals surface area contributed by atoms with Gasteiger partial charge >= 0.3 is 5.97 Å². The van der Waals surface area contributed by atoms with Crippen molar-refractivity contribution in [3.63, 3.8) is 0 Å². The van der Waals surface area contributed by atoms with Crippen LogP contribution in [0.5, 0.6) is 5.75 Å². The Bertz CT molecular complexity index is 363. The molecule has 0 spiro atoms. The number of ether oxygens (including phenoxy) is 2. The number of aryl methyl sites for hydroxylation is 1. The minimum atomic E-state index is -0.218. The second kappa shape index (κ2) is 6.38. The van der Waals surface area contributed by atoms with Crippen molar-refractivity contribution in [2.45, 2.75) is 19.8 Å². The van der Waals surface area contributed by atoms with E-state index in [-0.39, 0.29) is 5.97 Å². The van der Waals surface area contributed by atoms with E-state index < -0.39 is 0 Å². The molecule has 0 amide bonds. The number of halogens is 1. The lowest BCUT2D eigenvalue weighted by Crippen LogP contribution is -2.02. The molecule has 0 radical (unpaired) electrons. The average Bonchev–Trinajstić information content (AvgIpc) is 2.29. The molecule has 0 saturated heterocycles. The van der Waals surface area contributed by atoms with E-state index in [1.54, 1.807) is 0 Å². The van der Waals surface area contributed by atoms with Gasteiger partial charge in [0.15, 0.2) is 0 Å². The third-order valence-electron chi connectivity index (χ3n) is 2.14. The first-order chi connectivity index (χ1) is 7.67. The molecule has 0 fully saturated rings. The third-order valence-corrected chi connectivity index (χ3v) is 2.44. The number of esters is 1. The van der Waals surface area contributed by atoms with Crippen molar-refractivity contribution in [3.05, 3.63) is 28.8 Å². The van der Waals surface area contributed by atoms with Crippen molar-refractivity contribution >= 4 is 17.6 Å². The zero-order chi connectivity index (χ0) is 12.0. The van der Waals surface area contributed by atoms with E-state index in [1.165, 1.54) is 7.11 Å². The van der Waals surface area contributed by atoms with Gasteiger partial charge in [0.2, 0.25) is 0 Å². The molecule has 0 saturated carbocycles. The van der Waals surface area contributed by atoms with Crippen LogP contribution in [0.15, 0.2) is 18.2 Å². The number of hydrogen-bond donors (Lipinski definition) is 0. The number of hydrogen-bond acceptors (Lipinski definition) is 3. The van der Waals surface area contributed by atoms with Crippen LogP contribution in [-0.2, 0) is 16.0 Å². The summed E-state index contributed by atoms with van der Waals surface area (Å²) < 4.78 is 9.88. The highest BCUT2D eigenvalue weighted by Gasteiger charge is 2.05. The van der Waals surface area contributed by atoms with Crippen LogP contribution in [0.4, 0.5) is 0 Å². The summed E-state index contributed by atoms with van der Waals surface area (Å²) in [6, 6.07) is 5.54. The van der Waals surface area contributed by atoms with Crippen molar-refractivity contribution in [1.29, 1.82) is 0 Å². The van der Waals surface area contributed by atoms with Gasteiger partial charge < -0.3 is 9.47 Å². The first-order valence-electron chi connectivity index (χ1n) is 5.15. The highest BCUT2D eigenvalue weighted by molar-refractivity contribution is 6.32. The molecular formula is C12H15ClO3. The first kappa shape index (κ1) is 12.8. The lowest BCUT2D eigenvalue weighted by atomic mass is 10.1. The molecule has 0 aliphatic carbocycles. The Morgan fingerprint density at radius 2 is 2.19 bits per heavy atom. The molecule has 4 heteroatoms. The van der Waals surface area contributed by atoms with Gasteiger partial charge in [-0.3, -0.25) is 4.79 Å². The molecule has 88 valence electrons. The van der Waals surface area contributed by atoms with Gasteiger partial charge in [0.1, 0.15) is 5.75 Å². The molecule has 0 bridgehead atoms. The topological polar surface area (TPSA) is 35.5 Å². The van der Waals surface area contributed by atoms with Crippen molar-refractivity contribution in [1.82, 2.24) is 0 Å². The molecule has 3 nitrogen and oxygen atoms in total. The first-order valence-corrected chi connectivity index (χ1v) is 5.53. The molecule has 0 aliphatic rings. The molecule has 1 rings (SSSR count). The average molecular weight is 243 g/mol. The van der Waals surface area contributed by atoms with Gasteiger partial charge in [0, 0.05) is 6.42 Å². The van der Waals surface area contributed by atoms with Gasteiger partial charge in [-0.25, -0.2) is 0 Å². The SMILES string of the molecule is CCOc1ccc(CCC(=O)OC)cc1Cl. The summed E-state index contributed by atoms with van der Waals surface area (Å²) in [5.41, 5.74) is 0.999. The van der Waals surface area contributed by atoms with Crippen molar-refractivity contribution < 1.29 is 14.3 Å². The molecule has 0 atom stereocenters. The molecule has 16 heavy (non-hydrogen) atoms. The molecular weight excluding hydrogens is 228 g/mol. The van der Waals surface area contributed by atoms with Crippen LogP contribution < -0.4 is 4.74 Å². The number of rotatable bonds is 5. The van der Waals surface area contributed by atoms with Crippen molar-refractivity contribution in [2.24, 2.45) is 0 Å². The van der Waals surface area contributed by atoms with Gasteiger partial charge in [-0.15, -0.1) is 0 Å². The summed E-state index contributed by atoms with van der Waals surface area (Å²) in [7, 11) is 1.38. The Labute approximate surface area is 100 Å². The Morgan fingerprint density at radius 1 is 1.44 bits per heavy atom. The Morgan fingerprint density at radius 3 is 2.75 bits per heavy atom. The number of carbonyl (C=O) groups excluding carboxylic acids is 1. The third kappa shape index (κ3) is 3.74. The number of benzene rings is 1. The van der Waals surface area contributed by atoms with Crippen LogP contribution in [-0.4, -0.2) is 19.7 Å².